The molecule has 0 radical (unpaired) electrons. The van der Waals surface area contributed by atoms with Crippen molar-refractivity contribution in [3.8, 4) is 0 Å². The van der Waals surface area contributed by atoms with Crippen molar-refractivity contribution >= 4 is 17.6 Å². The molecule has 22 heavy (non-hydrogen) atoms. The fourth-order valence-corrected chi connectivity index (χ4v) is 3.07. The third kappa shape index (κ3) is 4.33. The highest BCUT2D eigenvalue weighted by Gasteiger charge is 2.36. The number of nitrogens with one attached hydrogen (secondary N) is 1. The highest BCUT2D eigenvalue weighted by Crippen LogP contribution is 2.31. The lowest BCUT2D eigenvalue weighted by Crippen LogP contribution is -2.37. The fraction of sp³-hybridized carbons (Fsp3) is 0.556. The minimum absolute atomic E-state index is 0.0956. The Hall–Kier alpha value is -1.84. The number of ether oxygens (including phenoxy) is 1. The molecule has 4 nitrogen and oxygen atoms in total. The summed E-state index contributed by atoms with van der Waals surface area (Å²) in [5, 5.41) is 2.87. The molecule has 1 amide bonds. The van der Waals surface area contributed by atoms with Crippen molar-refractivity contribution in [2.75, 3.05) is 11.9 Å². The van der Waals surface area contributed by atoms with E-state index in [-0.39, 0.29) is 17.8 Å². The molecule has 1 aromatic carbocycles. The summed E-state index contributed by atoms with van der Waals surface area (Å²) in [4.78, 5) is 24.8. The summed E-state index contributed by atoms with van der Waals surface area (Å²) in [5.74, 6) is -1.23. The molecule has 1 aliphatic rings. The summed E-state index contributed by atoms with van der Waals surface area (Å²) in [6, 6.07) is 7.60. The van der Waals surface area contributed by atoms with E-state index in [2.05, 4.69) is 5.32 Å². The number of hydrogen-bond donors (Lipinski definition) is 1. The number of anilines is 1. The maximum Gasteiger partial charge on any atom is 0.318 e. The van der Waals surface area contributed by atoms with Crippen LogP contribution in [0.1, 0.15) is 44.6 Å². The maximum atomic E-state index is 12.6. The van der Waals surface area contributed by atoms with Crippen LogP contribution in [0.15, 0.2) is 24.3 Å². The molecule has 0 bridgehead atoms. The number of benzene rings is 1. The standard InChI is InChI=1S/C18H25NO3/c1-3-22-18(21)16(14-7-5-4-6-8-14)17(20)19-15-11-9-13(2)10-12-15/h9-12,14,16H,3-8H2,1-2H3,(H,19,20)/t16-/m1/s1. The average Bonchev–Trinajstić information content (AvgIpc) is 2.51. The third-order valence-electron chi connectivity index (χ3n) is 4.26. The molecule has 0 aliphatic heterocycles. The van der Waals surface area contributed by atoms with Crippen LogP contribution in [-0.2, 0) is 14.3 Å². The Morgan fingerprint density at radius 1 is 1.18 bits per heavy atom. The Labute approximate surface area is 132 Å². The van der Waals surface area contributed by atoms with Gasteiger partial charge in [-0.2, -0.15) is 0 Å². The van der Waals surface area contributed by atoms with Crippen LogP contribution in [0.4, 0.5) is 5.69 Å². The summed E-state index contributed by atoms with van der Waals surface area (Å²) in [6.45, 7) is 4.07. The molecule has 4 heteroatoms. The van der Waals surface area contributed by atoms with Crippen LogP contribution in [0.2, 0.25) is 0 Å². The van der Waals surface area contributed by atoms with E-state index in [4.69, 9.17) is 4.74 Å². The van der Waals surface area contributed by atoms with Gasteiger partial charge in [-0.05, 0) is 44.7 Å². The SMILES string of the molecule is CCOC(=O)[C@@H](C(=O)Nc1ccc(C)cc1)C1CCCCC1. The van der Waals surface area contributed by atoms with E-state index in [0.717, 1.165) is 36.9 Å². The Morgan fingerprint density at radius 2 is 1.82 bits per heavy atom. The van der Waals surface area contributed by atoms with E-state index < -0.39 is 5.92 Å². The molecule has 0 spiro atoms. The van der Waals surface area contributed by atoms with E-state index in [1.807, 2.05) is 31.2 Å². The van der Waals surface area contributed by atoms with Crippen LogP contribution in [0.5, 0.6) is 0 Å². The molecular weight excluding hydrogens is 278 g/mol. The maximum absolute atomic E-state index is 12.6. The first kappa shape index (κ1) is 16.5. The van der Waals surface area contributed by atoms with Crippen molar-refractivity contribution in [1.82, 2.24) is 0 Å². The molecular formula is C18H25NO3. The van der Waals surface area contributed by atoms with Crippen molar-refractivity contribution in [2.45, 2.75) is 46.0 Å². The highest BCUT2D eigenvalue weighted by molar-refractivity contribution is 6.05. The summed E-state index contributed by atoms with van der Waals surface area (Å²) < 4.78 is 5.14. The smallest absolute Gasteiger partial charge is 0.318 e. The molecule has 1 atom stereocenters. The van der Waals surface area contributed by atoms with Gasteiger partial charge >= 0.3 is 5.97 Å². The van der Waals surface area contributed by atoms with Crippen LogP contribution in [0, 0.1) is 18.8 Å². The molecule has 1 N–H and O–H groups in total. The van der Waals surface area contributed by atoms with Crippen LogP contribution < -0.4 is 5.32 Å². The third-order valence-corrected chi connectivity index (χ3v) is 4.26. The van der Waals surface area contributed by atoms with Crippen molar-refractivity contribution in [3.05, 3.63) is 29.8 Å². The number of hydrogen-bond acceptors (Lipinski definition) is 3. The van der Waals surface area contributed by atoms with Crippen LogP contribution in [0.3, 0.4) is 0 Å². The van der Waals surface area contributed by atoms with Gasteiger partial charge in [-0.15, -0.1) is 0 Å². The second-order valence-corrected chi connectivity index (χ2v) is 5.98. The van der Waals surface area contributed by atoms with Gasteiger partial charge in [0.15, 0.2) is 0 Å². The Kier molecular flexibility index (Phi) is 5.99. The molecule has 0 heterocycles. The van der Waals surface area contributed by atoms with Crippen LogP contribution in [0.25, 0.3) is 0 Å². The average molecular weight is 303 g/mol. The van der Waals surface area contributed by atoms with Crippen molar-refractivity contribution in [1.29, 1.82) is 0 Å². The zero-order valence-electron chi connectivity index (χ0n) is 13.4. The van der Waals surface area contributed by atoms with E-state index in [9.17, 15) is 9.59 Å². The largest absolute Gasteiger partial charge is 0.465 e. The number of aryl methyl sites for hydroxylation is 1. The number of rotatable bonds is 5. The minimum atomic E-state index is -0.693. The van der Waals surface area contributed by atoms with Gasteiger partial charge < -0.3 is 10.1 Å². The van der Waals surface area contributed by atoms with Gasteiger partial charge in [0.1, 0.15) is 5.92 Å². The van der Waals surface area contributed by atoms with Gasteiger partial charge in [-0.1, -0.05) is 37.0 Å². The van der Waals surface area contributed by atoms with E-state index >= 15 is 0 Å². The summed E-state index contributed by atoms with van der Waals surface area (Å²) in [5.41, 5.74) is 1.85. The Morgan fingerprint density at radius 3 is 2.41 bits per heavy atom. The topological polar surface area (TPSA) is 55.4 Å². The molecule has 1 saturated carbocycles. The predicted octanol–water partition coefficient (Wildman–Crippen LogP) is 3.69. The zero-order valence-corrected chi connectivity index (χ0v) is 13.4. The molecule has 2 rings (SSSR count). The molecule has 120 valence electrons. The van der Waals surface area contributed by atoms with Crippen molar-refractivity contribution < 1.29 is 14.3 Å². The molecule has 0 saturated heterocycles. The van der Waals surface area contributed by atoms with Gasteiger partial charge in [0, 0.05) is 5.69 Å². The van der Waals surface area contributed by atoms with E-state index in [1.54, 1.807) is 6.92 Å². The lowest BCUT2D eigenvalue weighted by atomic mass is 9.79. The molecule has 1 fully saturated rings. The van der Waals surface area contributed by atoms with Gasteiger partial charge in [0.25, 0.3) is 0 Å². The Balaban J connectivity index is 2.10. The van der Waals surface area contributed by atoms with Gasteiger partial charge in [0.05, 0.1) is 6.61 Å². The molecule has 1 aromatic rings. The number of carbonyl (C=O) groups excluding carboxylic acids is 2. The lowest BCUT2D eigenvalue weighted by molar-refractivity contribution is -0.153. The first-order valence-corrected chi connectivity index (χ1v) is 8.16. The van der Waals surface area contributed by atoms with Crippen LogP contribution in [-0.4, -0.2) is 18.5 Å². The summed E-state index contributed by atoms with van der Waals surface area (Å²) >= 11 is 0. The monoisotopic (exact) mass is 303 g/mol. The van der Waals surface area contributed by atoms with E-state index in [0.29, 0.717) is 6.61 Å². The zero-order chi connectivity index (χ0) is 15.9. The van der Waals surface area contributed by atoms with Crippen LogP contribution >= 0.6 is 0 Å². The van der Waals surface area contributed by atoms with E-state index in [1.165, 1.54) is 6.42 Å². The van der Waals surface area contributed by atoms with Gasteiger partial charge in [-0.25, -0.2) is 0 Å². The molecule has 1 aliphatic carbocycles. The number of amides is 1. The van der Waals surface area contributed by atoms with Gasteiger partial charge in [0.2, 0.25) is 5.91 Å². The molecule has 0 unspecified atom stereocenters. The normalized spacial score (nSPS) is 16.8. The summed E-state index contributed by atoms with van der Waals surface area (Å²) in [7, 11) is 0. The summed E-state index contributed by atoms with van der Waals surface area (Å²) in [6.07, 6.45) is 5.19. The van der Waals surface area contributed by atoms with Crippen molar-refractivity contribution in [2.24, 2.45) is 11.8 Å². The predicted molar refractivity (Wildman–Crippen MR) is 86.5 cm³/mol. The molecule has 0 aromatic heterocycles. The quantitative estimate of drug-likeness (QED) is 0.666. The second kappa shape index (κ2) is 7.97. The first-order chi connectivity index (χ1) is 10.6. The Bertz CT molecular complexity index is 504. The van der Waals surface area contributed by atoms with Gasteiger partial charge in [-0.3, -0.25) is 9.59 Å². The van der Waals surface area contributed by atoms with Crippen molar-refractivity contribution in [3.63, 3.8) is 0 Å². The fourth-order valence-electron chi connectivity index (χ4n) is 3.07. The lowest BCUT2D eigenvalue weighted by Gasteiger charge is -2.27. The highest BCUT2D eigenvalue weighted by atomic mass is 16.5. The first-order valence-electron chi connectivity index (χ1n) is 8.16. The minimum Gasteiger partial charge on any atom is -0.465 e. The number of carbonyl (C=O) groups is 2. The number of esters is 1. The second-order valence-electron chi connectivity index (χ2n) is 5.98.